The lowest BCUT2D eigenvalue weighted by Crippen LogP contribution is -2.38. The normalized spacial score (nSPS) is 26.2. The fraction of sp³-hybridized carbons (Fsp3) is 0.485. The second-order valence-electron chi connectivity index (χ2n) is 15.3. The number of nitrogens with one attached hydrogen (secondary N) is 1. The van der Waals surface area contributed by atoms with Crippen LogP contribution in [0.2, 0.25) is 0 Å². The molecule has 2 aliphatic heterocycles. The Labute approximate surface area is 427 Å². The van der Waals surface area contributed by atoms with Crippen molar-refractivity contribution in [3.63, 3.8) is 0 Å². The molecule has 7 rings (SSSR count). The predicted octanol–water partition coefficient (Wildman–Crippen LogP) is 1.22. The van der Waals surface area contributed by atoms with Crippen LogP contribution in [0, 0.1) is 6.92 Å². The summed E-state index contributed by atoms with van der Waals surface area (Å²) in [6.07, 6.45) is -8.25. The Hall–Kier alpha value is -3.81. The average Bonchev–Trinajstić information content (AvgIpc) is 4.06. The van der Waals surface area contributed by atoms with Gasteiger partial charge in [0.1, 0.15) is 60.1 Å². The smallest absolute Gasteiger partial charge is 0.387 e. The van der Waals surface area contributed by atoms with Gasteiger partial charge in [0.05, 0.1) is 44.6 Å². The van der Waals surface area contributed by atoms with Crippen molar-refractivity contribution in [3.8, 4) is 0 Å². The van der Waals surface area contributed by atoms with Gasteiger partial charge in [-0.3, -0.25) is 42.0 Å². The van der Waals surface area contributed by atoms with Crippen molar-refractivity contribution in [1.29, 1.82) is 0 Å². The topological polar surface area (TPSA) is 496 Å². The third kappa shape index (κ3) is 14.0. The highest BCUT2D eigenvalue weighted by molar-refractivity contribution is 14.1. The fourth-order valence-electron chi connectivity index (χ4n) is 7.01. The number of methoxy groups -OCH3 is 1. The molecule has 0 amide bonds. The predicted molar refractivity (Wildman–Crippen MR) is 259 cm³/mol. The third-order valence-electron chi connectivity index (χ3n) is 10.3. The summed E-state index contributed by atoms with van der Waals surface area (Å²) in [6.45, 7) is 0.854. The van der Waals surface area contributed by atoms with Gasteiger partial charge >= 0.3 is 31.3 Å². The molecule has 0 spiro atoms. The van der Waals surface area contributed by atoms with Crippen molar-refractivity contribution in [2.45, 2.75) is 75.9 Å². The molecular weight excluding hydrogens is 1200 g/mol. The van der Waals surface area contributed by atoms with Crippen LogP contribution in [0.3, 0.4) is 0 Å². The van der Waals surface area contributed by atoms with E-state index in [9.17, 15) is 52.8 Å². The van der Waals surface area contributed by atoms with E-state index in [4.69, 9.17) is 49.5 Å². The van der Waals surface area contributed by atoms with Crippen LogP contribution in [-0.2, 0) is 65.7 Å². The molecule has 0 aliphatic carbocycles. The number of nitrogens with two attached hydrogens (primary N) is 3. The molecule has 0 radical (unpaired) electrons. The monoisotopic (exact) mass is 1240 g/mol. The van der Waals surface area contributed by atoms with Crippen molar-refractivity contribution in [2.75, 3.05) is 44.1 Å². The van der Waals surface area contributed by atoms with Gasteiger partial charge in [-0.05, 0) is 40.0 Å². The Morgan fingerprint density at radius 2 is 1.48 bits per heavy atom. The number of nitrogen functional groups attached to an aromatic ring is 3. The van der Waals surface area contributed by atoms with Gasteiger partial charge in [-0.15, -0.1) is 0 Å². The van der Waals surface area contributed by atoms with Gasteiger partial charge in [-0.1, -0.05) is 11.8 Å². The van der Waals surface area contributed by atoms with E-state index in [0.717, 1.165) is 39.7 Å². The van der Waals surface area contributed by atoms with E-state index in [2.05, 4.69) is 53.5 Å². The van der Waals surface area contributed by atoms with Crippen molar-refractivity contribution in [2.24, 2.45) is 4.99 Å². The number of thioether (sulfide) groups is 1. The minimum Gasteiger partial charge on any atom is -0.387 e. The first-order valence-electron chi connectivity index (χ1n) is 20.6. The van der Waals surface area contributed by atoms with E-state index in [1.807, 2.05) is 22.6 Å². The SMILES string of the molecule is COC1C(OP(=O)(O)OCC2OC(n3cnc4c(=O)[nH]c(N)nc43)C(O)C2O)C(COP(=O)(O)OP(=O)(O)OP(=O)(O)OCC/C(SC=NCc2cnc(C)nc2N)=C(\C)I)OC1n1cnc2c(N)ncnc21. The molecule has 2 aliphatic rings. The molecule has 73 heavy (non-hydrogen) atoms. The van der Waals surface area contributed by atoms with E-state index >= 15 is 0 Å². The molecule has 13 N–H and O–H groups in total. The molecule has 2 fully saturated rings. The number of aliphatic imine (C=N–C) groups is 1. The van der Waals surface area contributed by atoms with Crippen LogP contribution in [0.4, 0.5) is 17.6 Å². The summed E-state index contributed by atoms with van der Waals surface area (Å²) >= 11 is 3.12. The van der Waals surface area contributed by atoms with Gasteiger partial charge in [0.25, 0.3) is 5.56 Å². The molecule has 5 aromatic rings. The zero-order valence-electron chi connectivity index (χ0n) is 37.7. The van der Waals surface area contributed by atoms with E-state index in [-0.39, 0.29) is 52.9 Å². The summed E-state index contributed by atoms with van der Waals surface area (Å²) in [5.41, 5.74) is 18.6. The molecule has 12 atom stereocenters. The maximum atomic E-state index is 13.7. The Morgan fingerprint density at radius 3 is 2.16 bits per heavy atom. The van der Waals surface area contributed by atoms with Crippen LogP contribution in [0.1, 0.15) is 37.2 Å². The lowest BCUT2D eigenvalue weighted by molar-refractivity contribution is -0.0581. The molecule has 400 valence electrons. The number of halogens is 1. The number of phosphoric acid groups is 4. The number of imidazole rings is 2. The first kappa shape index (κ1) is 56.9. The number of rotatable bonds is 23. The summed E-state index contributed by atoms with van der Waals surface area (Å²) in [4.78, 5) is 89.8. The van der Waals surface area contributed by atoms with Gasteiger partial charge in [0.15, 0.2) is 35.1 Å². The van der Waals surface area contributed by atoms with Gasteiger partial charge in [0, 0.05) is 30.2 Å². The van der Waals surface area contributed by atoms with E-state index in [1.54, 1.807) is 13.8 Å². The van der Waals surface area contributed by atoms with Crippen molar-refractivity contribution < 1.29 is 89.0 Å². The van der Waals surface area contributed by atoms with Crippen LogP contribution in [0.15, 0.2) is 43.5 Å². The number of aromatic amines is 1. The number of aliphatic hydroxyl groups excluding tert-OH is 2. The van der Waals surface area contributed by atoms with Gasteiger partial charge in [-0.25, -0.2) is 48.2 Å². The molecule has 40 heteroatoms. The fourth-order valence-corrected chi connectivity index (χ4v) is 12.8. The van der Waals surface area contributed by atoms with Crippen molar-refractivity contribution in [1.82, 2.24) is 49.0 Å². The maximum absolute atomic E-state index is 13.7. The number of aromatic nitrogens is 10. The maximum Gasteiger partial charge on any atom is 0.490 e. The highest BCUT2D eigenvalue weighted by Gasteiger charge is 2.53. The largest absolute Gasteiger partial charge is 0.490 e. The highest BCUT2D eigenvalue weighted by atomic mass is 127. The first-order chi connectivity index (χ1) is 34.3. The number of aryl methyl sites for hydroxylation is 1. The molecule has 12 unspecified atom stereocenters. The molecule has 5 aromatic heterocycles. The number of ether oxygens (including phenoxy) is 3. The van der Waals surface area contributed by atoms with Gasteiger partial charge in [-0.2, -0.15) is 13.6 Å². The molecule has 7 heterocycles. The number of allylic oxidation sites excluding steroid dienone is 1. The number of phosphoric ester groups is 3. The number of H-pyrrole nitrogens is 1. The molecule has 0 saturated carbocycles. The van der Waals surface area contributed by atoms with Crippen LogP contribution >= 0.6 is 65.6 Å². The number of hydrogen-bond donors (Lipinski definition) is 10. The van der Waals surface area contributed by atoms with Crippen LogP contribution in [0.25, 0.3) is 22.3 Å². The molecular formula is C33H45IN14O20P4S. The highest BCUT2D eigenvalue weighted by Crippen LogP contribution is 2.68. The minimum atomic E-state index is -6.01. The second kappa shape index (κ2) is 23.2. The summed E-state index contributed by atoms with van der Waals surface area (Å²) in [7, 11) is -21.6. The molecule has 34 nitrogen and oxygen atoms in total. The number of aliphatic hydroxyl groups is 2. The number of anilines is 3. The van der Waals surface area contributed by atoms with Crippen LogP contribution in [-0.4, -0.2) is 148 Å². The summed E-state index contributed by atoms with van der Waals surface area (Å²) < 4.78 is 102. The Balaban J connectivity index is 0.992. The average molecular weight is 1240 g/mol. The minimum absolute atomic E-state index is 0.0371. The first-order valence-corrected chi connectivity index (χ1v) is 28.5. The van der Waals surface area contributed by atoms with Gasteiger partial charge in [0.2, 0.25) is 5.95 Å². The lowest BCUT2D eigenvalue weighted by atomic mass is 10.1. The third-order valence-corrected chi connectivity index (χ3v) is 17.6. The van der Waals surface area contributed by atoms with Crippen molar-refractivity contribution in [3.05, 3.63) is 55.4 Å². The Kier molecular flexibility index (Phi) is 18.1. The summed E-state index contributed by atoms with van der Waals surface area (Å²) in [5, 5.41) is 21.7. The quantitative estimate of drug-likeness (QED) is 0.0190. The standard InChI is InChI=1S/C33H45IN14O20P4S/c1-14(34)19(73-13-38-6-16-7-39-15(2)44-26(16)35)4-5-61-70(54,55)67-72(58,59)68-71(56,57)63-9-18-24(25(60-3)32(65-18)47-11-42-20-27(36)40-10-41-28(20)47)66-69(52,53)62-8-17-22(49)23(50)31(64-17)48-12-43-21-29(48)45-33(37)46-30(21)51/h7,10-13,17-18,22-25,31-32,49-50H,4-6,8-9H2,1-3H3,(H,52,53)(H,54,55)(H,56,57)(H,58,59)(H2,35,39,44)(H2,36,40,41)(H3,37,45,46,51)/b19-14-,38-13?. The Morgan fingerprint density at radius 1 is 0.836 bits per heavy atom. The van der Waals surface area contributed by atoms with E-state index in [1.165, 1.54) is 22.6 Å². The van der Waals surface area contributed by atoms with E-state index in [0.29, 0.717) is 16.3 Å². The molecule has 0 bridgehead atoms. The number of hydrogen-bond acceptors (Lipinski definition) is 28. The zero-order valence-corrected chi connectivity index (χ0v) is 44.3. The van der Waals surface area contributed by atoms with E-state index < -0.39 is 106 Å². The molecule has 2 saturated heterocycles. The summed E-state index contributed by atoms with van der Waals surface area (Å²) in [6, 6.07) is 0. The van der Waals surface area contributed by atoms with Gasteiger partial charge < -0.3 is 61.2 Å². The number of nitrogens with zero attached hydrogens (tertiary/aromatic N) is 10. The van der Waals surface area contributed by atoms with Crippen LogP contribution in [0.5, 0.6) is 0 Å². The summed E-state index contributed by atoms with van der Waals surface area (Å²) in [5.74, 6) is 0.399. The number of fused-ring (bicyclic) bond motifs is 2. The Bertz CT molecular complexity index is 3150. The molecule has 0 aromatic carbocycles. The van der Waals surface area contributed by atoms with Crippen molar-refractivity contribution >= 4 is 111 Å². The van der Waals surface area contributed by atoms with Crippen LogP contribution < -0.4 is 22.8 Å². The zero-order chi connectivity index (χ0) is 53.2. The lowest BCUT2D eigenvalue weighted by Gasteiger charge is -2.26. The second-order valence-corrected chi connectivity index (χ2v) is 23.9.